The summed E-state index contributed by atoms with van der Waals surface area (Å²) < 4.78 is 21.2. The Balaban J connectivity index is 1.55. The molecule has 0 atom stereocenters. The van der Waals surface area contributed by atoms with Crippen molar-refractivity contribution >= 4 is 17.9 Å². The molecule has 0 aliphatic carbocycles. The van der Waals surface area contributed by atoms with Crippen LogP contribution in [0.25, 0.3) is 0 Å². The van der Waals surface area contributed by atoms with Gasteiger partial charge >= 0.3 is 17.9 Å². The van der Waals surface area contributed by atoms with E-state index in [2.05, 4.69) is 13.2 Å². The largest absolute Gasteiger partial charge is 0.490 e. The molecule has 38 heavy (non-hydrogen) atoms. The van der Waals surface area contributed by atoms with Gasteiger partial charge in [0.15, 0.2) is 0 Å². The molecule has 2 rings (SSSR count). The van der Waals surface area contributed by atoms with Crippen molar-refractivity contribution < 1.29 is 33.3 Å². The quantitative estimate of drug-likeness (QED) is 0.0694. The van der Waals surface area contributed by atoms with E-state index in [9.17, 15) is 14.4 Å². The lowest BCUT2D eigenvalue weighted by molar-refractivity contribution is -0.139. The Labute approximate surface area is 225 Å². The molecule has 0 unspecified atom stereocenters. The first kappa shape index (κ1) is 30.4. The number of unbranched alkanes of at least 4 members (excludes halogenated alkanes) is 7. The highest BCUT2D eigenvalue weighted by Gasteiger charge is 2.11. The molecular weight excluding hydrogens is 484 g/mol. The summed E-state index contributed by atoms with van der Waals surface area (Å²) in [6, 6.07) is 12.9. The summed E-state index contributed by atoms with van der Waals surface area (Å²) in [4.78, 5) is 35.9. The Kier molecular flexibility index (Phi) is 14.0. The summed E-state index contributed by atoms with van der Waals surface area (Å²) >= 11 is 0. The molecule has 0 bridgehead atoms. The van der Waals surface area contributed by atoms with Gasteiger partial charge in [-0.3, -0.25) is 0 Å². The summed E-state index contributed by atoms with van der Waals surface area (Å²) in [5.74, 6) is -0.245. The number of rotatable bonds is 18. The number of hydrogen-bond acceptors (Lipinski definition) is 7. The minimum atomic E-state index is -0.500. The Morgan fingerprint density at radius 1 is 0.684 bits per heavy atom. The average molecular weight is 523 g/mol. The van der Waals surface area contributed by atoms with Crippen LogP contribution >= 0.6 is 0 Å². The van der Waals surface area contributed by atoms with Crippen molar-refractivity contribution in [2.24, 2.45) is 0 Å². The second-order valence-corrected chi connectivity index (χ2v) is 8.92. The molecule has 0 amide bonds. The number of carbonyl (C=O) groups is 3. The molecule has 0 saturated heterocycles. The third kappa shape index (κ3) is 11.9. The first-order chi connectivity index (χ1) is 18.4. The lowest BCUT2D eigenvalue weighted by Gasteiger charge is -2.08. The molecule has 0 aliphatic heterocycles. The van der Waals surface area contributed by atoms with E-state index in [1.165, 1.54) is 0 Å². The molecule has 2 aromatic carbocycles. The third-order valence-electron chi connectivity index (χ3n) is 5.61. The molecule has 0 N–H and O–H groups in total. The Morgan fingerprint density at radius 3 is 1.68 bits per heavy atom. The lowest BCUT2D eigenvalue weighted by Crippen LogP contribution is -2.09. The summed E-state index contributed by atoms with van der Waals surface area (Å²) in [6.45, 7) is 10.0. The fourth-order valence-electron chi connectivity index (χ4n) is 3.47. The van der Waals surface area contributed by atoms with Gasteiger partial charge in [0, 0.05) is 5.57 Å². The van der Waals surface area contributed by atoms with Crippen molar-refractivity contribution in [1.82, 2.24) is 0 Å². The molecule has 0 radical (unpaired) electrons. The first-order valence-corrected chi connectivity index (χ1v) is 13.1. The molecule has 0 spiro atoms. The average Bonchev–Trinajstić information content (AvgIpc) is 2.92. The zero-order valence-electron chi connectivity index (χ0n) is 22.2. The number of ether oxygens (including phenoxy) is 4. The molecular formula is C31H38O7. The van der Waals surface area contributed by atoms with Crippen LogP contribution in [-0.2, 0) is 14.3 Å². The van der Waals surface area contributed by atoms with E-state index in [-0.39, 0.29) is 5.97 Å². The monoisotopic (exact) mass is 522 g/mol. The zero-order valence-corrected chi connectivity index (χ0v) is 22.2. The number of benzene rings is 2. The van der Waals surface area contributed by atoms with E-state index in [1.807, 2.05) is 0 Å². The summed E-state index contributed by atoms with van der Waals surface area (Å²) in [5.41, 5.74) is 1.23. The van der Waals surface area contributed by atoms with E-state index >= 15 is 0 Å². The van der Waals surface area contributed by atoms with Crippen LogP contribution in [0, 0.1) is 0 Å². The molecule has 0 saturated carbocycles. The zero-order chi connectivity index (χ0) is 27.6. The van der Waals surface area contributed by atoms with Gasteiger partial charge in [-0.15, -0.1) is 0 Å². The first-order valence-electron chi connectivity index (χ1n) is 13.1. The minimum Gasteiger partial charge on any atom is -0.490 e. The third-order valence-corrected chi connectivity index (χ3v) is 5.61. The predicted octanol–water partition coefficient (Wildman–Crippen LogP) is 6.87. The van der Waals surface area contributed by atoms with Crippen molar-refractivity contribution in [2.75, 3.05) is 19.8 Å². The smallest absolute Gasteiger partial charge is 0.343 e. The lowest BCUT2D eigenvalue weighted by atomic mass is 10.1. The van der Waals surface area contributed by atoms with Crippen molar-refractivity contribution in [3.05, 3.63) is 84.5 Å². The van der Waals surface area contributed by atoms with Crippen molar-refractivity contribution in [3.63, 3.8) is 0 Å². The van der Waals surface area contributed by atoms with Crippen LogP contribution in [-0.4, -0.2) is 37.7 Å². The van der Waals surface area contributed by atoms with Crippen LogP contribution in [0.15, 0.2) is 73.3 Å². The van der Waals surface area contributed by atoms with E-state index in [0.717, 1.165) is 51.4 Å². The van der Waals surface area contributed by atoms with Crippen LogP contribution in [0.2, 0.25) is 0 Å². The van der Waals surface area contributed by atoms with Gasteiger partial charge in [0.05, 0.1) is 24.3 Å². The summed E-state index contributed by atoms with van der Waals surface area (Å²) in [7, 11) is 0. The number of carbonyl (C=O) groups excluding carboxylic acids is 3. The van der Waals surface area contributed by atoms with Gasteiger partial charge in [-0.2, -0.15) is 0 Å². The van der Waals surface area contributed by atoms with Crippen molar-refractivity contribution in [3.8, 4) is 11.5 Å². The van der Waals surface area contributed by atoms with Gasteiger partial charge in [-0.1, -0.05) is 57.8 Å². The second kappa shape index (κ2) is 17.6. The maximum absolute atomic E-state index is 12.3. The predicted molar refractivity (Wildman–Crippen MR) is 147 cm³/mol. The highest BCUT2D eigenvalue weighted by Crippen LogP contribution is 2.17. The van der Waals surface area contributed by atoms with Gasteiger partial charge in [0.1, 0.15) is 18.1 Å². The summed E-state index contributed by atoms with van der Waals surface area (Å²) in [6.07, 6.45) is 9.85. The standard InChI is InChI=1S/C31H38O7/c1-4-21-35-27-17-13-26(14-18-27)31(34)38-28-19-15-25(16-20-28)30(33)37-23-12-10-8-6-5-7-9-11-22-36-29(32)24(2)3/h4,13-20H,1-2,5-12,21-23H2,3H3. The van der Waals surface area contributed by atoms with Crippen LogP contribution in [0.5, 0.6) is 11.5 Å². The molecule has 0 aromatic heterocycles. The second-order valence-electron chi connectivity index (χ2n) is 8.92. The Morgan fingerprint density at radius 2 is 1.16 bits per heavy atom. The van der Waals surface area contributed by atoms with Crippen LogP contribution in [0.3, 0.4) is 0 Å². The normalized spacial score (nSPS) is 10.3. The molecule has 7 heteroatoms. The molecule has 2 aromatic rings. The highest BCUT2D eigenvalue weighted by atomic mass is 16.5. The van der Waals surface area contributed by atoms with E-state index in [0.29, 0.717) is 48.0 Å². The van der Waals surface area contributed by atoms with E-state index in [1.54, 1.807) is 61.5 Å². The molecule has 0 aliphatic rings. The van der Waals surface area contributed by atoms with Gasteiger partial charge in [-0.05, 0) is 68.3 Å². The Bertz CT molecular complexity index is 1040. The maximum atomic E-state index is 12.3. The molecule has 0 heterocycles. The summed E-state index contributed by atoms with van der Waals surface area (Å²) in [5, 5.41) is 0. The van der Waals surface area contributed by atoms with Gasteiger partial charge in [-0.25, -0.2) is 14.4 Å². The molecule has 204 valence electrons. The number of esters is 3. The van der Waals surface area contributed by atoms with Gasteiger partial charge < -0.3 is 18.9 Å². The maximum Gasteiger partial charge on any atom is 0.343 e. The molecule has 0 fully saturated rings. The van der Waals surface area contributed by atoms with E-state index < -0.39 is 11.9 Å². The van der Waals surface area contributed by atoms with Gasteiger partial charge in [0.2, 0.25) is 0 Å². The topological polar surface area (TPSA) is 88.1 Å². The SMILES string of the molecule is C=CCOc1ccc(C(=O)Oc2ccc(C(=O)OCCCCCCCCCCOC(=O)C(=C)C)cc2)cc1. The fourth-order valence-corrected chi connectivity index (χ4v) is 3.47. The highest BCUT2D eigenvalue weighted by molar-refractivity contribution is 5.92. The minimum absolute atomic E-state index is 0.322. The van der Waals surface area contributed by atoms with Crippen molar-refractivity contribution in [2.45, 2.75) is 58.3 Å². The fraction of sp³-hybridized carbons (Fsp3) is 0.387. The van der Waals surface area contributed by atoms with E-state index in [4.69, 9.17) is 18.9 Å². The van der Waals surface area contributed by atoms with Crippen LogP contribution in [0.4, 0.5) is 0 Å². The van der Waals surface area contributed by atoms with Crippen LogP contribution in [0.1, 0.15) is 79.0 Å². The number of hydrogen-bond donors (Lipinski definition) is 0. The Hall–Kier alpha value is -3.87. The molecule has 7 nitrogen and oxygen atoms in total. The van der Waals surface area contributed by atoms with Gasteiger partial charge in [0.25, 0.3) is 0 Å². The van der Waals surface area contributed by atoms with Crippen molar-refractivity contribution in [1.29, 1.82) is 0 Å². The van der Waals surface area contributed by atoms with Crippen LogP contribution < -0.4 is 9.47 Å².